The van der Waals surface area contributed by atoms with Crippen LogP contribution < -0.4 is 5.32 Å². The van der Waals surface area contributed by atoms with Crippen molar-refractivity contribution in [2.24, 2.45) is 11.3 Å². The first-order valence-electron chi connectivity index (χ1n) is 8.13. The molecule has 1 aliphatic carbocycles. The van der Waals surface area contributed by atoms with E-state index in [2.05, 4.69) is 5.32 Å². The third-order valence-electron chi connectivity index (χ3n) is 5.36. The van der Waals surface area contributed by atoms with Crippen LogP contribution >= 0.6 is 0 Å². The zero-order valence-corrected chi connectivity index (χ0v) is 13.4. The minimum Gasteiger partial charge on any atom is -0.359 e. The van der Waals surface area contributed by atoms with Crippen LogP contribution in [0.4, 0.5) is 0 Å². The average molecular weight is 300 g/mol. The zero-order valence-electron chi connectivity index (χ0n) is 13.4. The molecule has 2 fully saturated rings. The standard InChI is InChI=1S/C18H24N2O2/c1-13-6-5-7-14(10-13)17(22)20-11-15(16(21)19-2)18(12-20)8-3-4-9-18/h5-7,10,15H,3-4,8-9,11-12H2,1-2H3,(H,19,21)/t15-/m1/s1. The normalized spacial score (nSPS) is 23.0. The predicted molar refractivity (Wildman–Crippen MR) is 85.5 cm³/mol. The van der Waals surface area contributed by atoms with Crippen molar-refractivity contribution in [3.05, 3.63) is 35.4 Å². The highest BCUT2D eigenvalue weighted by atomic mass is 16.2. The number of likely N-dealkylation sites (tertiary alicyclic amines) is 1. The van der Waals surface area contributed by atoms with Gasteiger partial charge in [0.15, 0.2) is 0 Å². The summed E-state index contributed by atoms with van der Waals surface area (Å²) in [4.78, 5) is 27.0. The maximum atomic E-state index is 12.8. The van der Waals surface area contributed by atoms with Crippen LogP contribution in [-0.4, -0.2) is 36.9 Å². The van der Waals surface area contributed by atoms with Crippen molar-refractivity contribution < 1.29 is 9.59 Å². The van der Waals surface area contributed by atoms with Crippen LogP contribution in [0.1, 0.15) is 41.6 Å². The van der Waals surface area contributed by atoms with Crippen LogP contribution in [0, 0.1) is 18.3 Å². The van der Waals surface area contributed by atoms with Gasteiger partial charge in [0, 0.05) is 31.1 Å². The van der Waals surface area contributed by atoms with Crippen LogP contribution in [0.15, 0.2) is 24.3 Å². The number of rotatable bonds is 2. The Kier molecular flexibility index (Phi) is 3.94. The minimum atomic E-state index is -0.0613. The second kappa shape index (κ2) is 5.75. The molecule has 0 radical (unpaired) electrons. The number of hydrogen-bond acceptors (Lipinski definition) is 2. The van der Waals surface area contributed by atoms with Gasteiger partial charge in [0.1, 0.15) is 0 Å². The molecule has 1 heterocycles. The smallest absolute Gasteiger partial charge is 0.253 e. The molecule has 1 saturated carbocycles. The quantitative estimate of drug-likeness (QED) is 0.911. The van der Waals surface area contributed by atoms with Gasteiger partial charge in [-0.2, -0.15) is 0 Å². The molecule has 3 rings (SSSR count). The fourth-order valence-electron chi connectivity index (χ4n) is 4.21. The molecule has 2 aliphatic rings. The predicted octanol–water partition coefficient (Wildman–Crippen LogP) is 2.37. The third-order valence-corrected chi connectivity index (χ3v) is 5.36. The third kappa shape index (κ3) is 2.51. The maximum absolute atomic E-state index is 12.8. The number of carbonyl (C=O) groups excluding carboxylic acids is 2. The molecule has 118 valence electrons. The molecule has 1 aromatic rings. The Bertz CT molecular complexity index is 591. The van der Waals surface area contributed by atoms with Crippen LogP contribution in [0.5, 0.6) is 0 Å². The van der Waals surface area contributed by atoms with Gasteiger partial charge in [-0.1, -0.05) is 30.5 Å². The monoisotopic (exact) mass is 300 g/mol. The molecule has 1 spiro atoms. The summed E-state index contributed by atoms with van der Waals surface area (Å²) in [5, 5.41) is 2.79. The van der Waals surface area contributed by atoms with E-state index in [-0.39, 0.29) is 23.1 Å². The van der Waals surface area contributed by atoms with Crippen molar-refractivity contribution in [2.75, 3.05) is 20.1 Å². The summed E-state index contributed by atoms with van der Waals surface area (Å²) in [7, 11) is 1.69. The second-order valence-electron chi connectivity index (χ2n) is 6.79. The number of hydrogen-bond donors (Lipinski definition) is 1. The van der Waals surface area contributed by atoms with Crippen molar-refractivity contribution in [1.29, 1.82) is 0 Å². The van der Waals surface area contributed by atoms with Gasteiger partial charge in [-0.25, -0.2) is 0 Å². The first-order valence-corrected chi connectivity index (χ1v) is 8.13. The number of carbonyl (C=O) groups is 2. The Morgan fingerprint density at radius 3 is 2.64 bits per heavy atom. The molecule has 2 amide bonds. The Labute approximate surface area is 131 Å². The van der Waals surface area contributed by atoms with Crippen LogP contribution in [0.3, 0.4) is 0 Å². The molecule has 0 aromatic heterocycles. The molecule has 0 bridgehead atoms. The highest BCUT2D eigenvalue weighted by molar-refractivity contribution is 5.95. The molecular formula is C18H24N2O2. The fraction of sp³-hybridized carbons (Fsp3) is 0.556. The van der Waals surface area contributed by atoms with E-state index in [1.54, 1.807) is 7.05 Å². The van der Waals surface area contributed by atoms with Crippen molar-refractivity contribution in [2.45, 2.75) is 32.6 Å². The average Bonchev–Trinajstić information content (AvgIpc) is 3.14. The first-order chi connectivity index (χ1) is 10.6. The van der Waals surface area contributed by atoms with Crippen molar-refractivity contribution >= 4 is 11.8 Å². The van der Waals surface area contributed by atoms with Crippen molar-refractivity contribution in [1.82, 2.24) is 10.2 Å². The highest BCUT2D eigenvalue weighted by Crippen LogP contribution is 2.49. The van der Waals surface area contributed by atoms with Gasteiger partial charge in [0.05, 0.1) is 5.92 Å². The minimum absolute atomic E-state index is 0.000418. The summed E-state index contributed by atoms with van der Waals surface area (Å²) in [6.07, 6.45) is 4.45. The molecule has 4 heteroatoms. The second-order valence-corrected chi connectivity index (χ2v) is 6.79. The van der Waals surface area contributed by atoms with E-state index in [0.717, 1.165) is 30.5 Å². The molecule has 0 unspecified atom stereocenters. The van der Waals surface area contributed by atoms with E-state index in [1.165, 1.54) is 12.8 Å². The van der Waals surface area contributed by atoms with Gasteiger partial charge in [0.25, 0.3) is 5.91 Å². The number of benzene rings is 1. The Balaban J connectivity index is 1.84. The van der Waals surface area contributed by atoms with E-state index in [9.17, 15) is 9.59 Å². The summed E-state index contributed by atoms with van der Waals surface area (Å²) in [6.45, 7) is 3.26. The van der Waals surface area contributed by atoms with E-state index in [4.69, 9.17) is 0 Å². The molecular weight excluding hydrogens is 276 g/mol. The van der Waals surface area contributed by atoms with E-state index in [1.807, 2.05) is 36.1 Å². The lowest BCUT2D eigenvalue weighted by molar-refractivity contribution is -0.127. The summed E-state index contributed by atoms with van der Waals surface area (Å²) in [5.41, 5.74) is 1.81. The number of aryl methyl sites for hydroxylation is 1. The molecule has 4 nitrogen and oxygen atoms in total. The van der Waals surface area contributed by atoms with E-state index >= 15 is 0 Å². The Morgan fingerprint density at radius 2 is 2.00 bits per heavy atom. The van der Waals surface area contributed by atoms with E-state index < -0.39 is 0 Å². The highest BCUT2D eigenvalue weighted by Gasteiger charge is 2.52. The molecule has 22 heavy (non-hydrogen) atoms. The number of amides is 2. The summed E-state index contributed by atoms with van der Waals surface area (Å²) < 4.78 is 0. The lowest BCUT2D eigenvalue weighted by atomic mass is 9.76. The lowest BCUT2D eigenvalue weighted by Gasteiger charge is -2.28. The van der Waals surface area contributed by atoms with Gasteiger partial charge in [-0.3, -0.25) is 9.59 Å². The largest absolute Gasteiger partial charge is 0.359 e. The van der Waals surface area contributed by atoms with Gasteiger partial charge in [0.2, 0.25) is 5.91 Å². The molecule has 1 saturated heterocycles. The van der Waals surface area contributed by atoms with Crippen LogP contribution in [0.25, 0.3) is 0 Å². The van der Waals surface area contributed by atoms with Crippen molar-refractivity contribution in [3.63, 3.8) is 0 Å². The number of nitrogens with one attached hydrogen (secondary N) is 1. The summed E-state index contributed by atoms with van der Waals surface area (Å²) >= 11 is 0. The van der Waals surface area contributed by atoms with Gasteiger partial charge in [-0.15, -0.1) is 0 Å². The molecule has 1 N–H and O–H groups in total. The number of nitrogens with zero attached hydrogens (tertiary/aromatic N) is 1. The van der Waals surface area contributed by atoms with Crippen LogP contribution in [-0.2, 0) is 4.79 Å². The van der Waals surface area contributed by atoms with Crippen LogP contribution in [0.2, 0.25) is 0 Å². The van der Waals surface area contributed by atoms with Gasteiger partial charge in [-0.05, 0) is 31.9 Å². The molecule has 1 aromatic carbocycles. The lowest BCUT2D eigenvalue weighted by Crippen LogP contribution is -2.38. The zero-order chi connectivity index (χ0) is 15.7. The van der Waals surface area contributed by atoms with Gasteiger partial charge >= 0.3 is 0 Å². The molecule has 1 aliphatic heterocycles. The maximum Gasteiger partial charge on any atom is 0.253 e. The molecule has 1 atom stereocenters. The van der Waals surface area contributed by atoms with E-state index in [0.29, 0.717) is 6.54 Å². The topological polar surface area (TPSA) is 49.4 Å². The van der Waals surface area contributed by atoms with Gasteiger partial charge < -0.3 is 10.2 Å². The Morgan fingerprint density at radius 1 is 1.27 bits per heavy atom. The Hall–Kier alpha value is -1.84. The summed E-state index contributed by atoms with van der Waals surface area (Å²) in [6, 6.07) is 7.70. The fourth-order valence-corrected chi connectivity index (χ4v) is 4.21. The SMILES string of the molecule is CNC(=O)[C@H]1CN(C(=O)c2cccc(C)c2)CC12CCCC2. The van der Waals surface area contributed by atoms with Crippen molar-refractivity contribution in [3.8, 4) is 0 Å². The first kappa shape index (κ1) is 15.1. The summed E-state index contributed by atoms with van der Waals surface area (Å²) in [5.74, 6) is 0.0802.